The standard InChI is InChI=1S/C31H37N3O4/c1-4-19-31(3,29(35)36)38-27-17-14-23(15-18-27)9-8-12-28-32-34(30(37)33(28)20-5-2)22-24-13-16-25-10-6-7-11-26(25)21-24/h6-7,10-11,13-18,21H,4-5,8-9,12,19-20,22H2,1-3H3,(H,35,36). The minimum absolute atomic E-state index is 0.0648. The summed E-state index contributed by atoms with van der Waals surface area (Å²) in [6, 6.07) is 22.1. The van der Waals surface area contributed by atoms with Crippen molar-refractivity contribution in [2.24, 2.45) is 0 Å². The van der Waals surface area contributed by atoms with E-state index in [0.717, 1.165) is 48.0 Å². The minimum Gasteiger partial charge on any atom is -0.478 e. The second kappa shape index (κ2) is 12.1. The van der Waals surface area contributed by atoms with Gasteiger partial charge in [-0.3, -0.25) is 4.57 Å². The average molecular weight is 516 g/mol. The average Bonchev–Trinajstić information content (AvgIpc) is 3.19. The Morgan fingerprint density at radius 1 is 0.947 bits per heavy atom. The maximum Gasteiger partial charge on any atom is 0.347 e. The quantitative estimate of drug-likeness (QED) is 0.241. The molecular formula is C31H37N3O4. The molecular weight excluding hydrogens is 478 g/mol. The fourth-order valence-corrected chi connectivity index (χ4v) is 4.85. The molecule has 0 fully saturated rings. The molecule has 1 N–H and O–H groups in total. The van der Waals surface area contributed by atoms with Crippen LogP contribution in [0.5, 0.6) is 5.75 Å². The SMILES string of the molecule is CCCn1c(CCCc2ccc(OC(C)(CCC)C(=O)O)cc2)nn(Cc2ccc3ccccc3c2)c1=O. The number of rotatable bonds is 13. The van der Waals surface area contributed by atoms with Crippen LogP contribution in [0.25, 0.3) is 10.8 Å². The topological polar surface area (TPSA) is 86.3 Å². The van der Waals surface area contributed by atoms with Crippen LogP contribution in [0.2, 0.25) is 0 Å². The maximum absolute atomic E-state index is 13.1. The first-order valence-corrected chi connectivity index (χ1v) is 13.5. The molecule has 7 heteroatoms. The largest absolute Gasteiger partial charge is 0.478 e. The highest BCUT2D eigenvalue weighted by Gasteiger charge is 2.34. The molecule has 0 aliphatic carbocycles. The molecule has 4 aromatic rings. The molecule has 1 heterocycles. The number of carboxylic acids is 1. The van der Waals surface area contributed by atoms with Gasteiger partial charge in [0.2, 0.25) is 5.60 Å². The van der Waals surface area contributed by atoms with E-state index in [-0.39, 0.29) is 5.69 Å². The van der Waals surface area contributed by atoms with Crippen molar-refractivity contribution in [3.8, 4) is 5.75 Å². The third kappa shape index (κ3) is 6.33. The Morgan fingerprint density at radius 3 is 2.34 bits per heavy atom. The van der Waals surface area contributed by atoms with Crippen LogP contribution in [-0.2, 0) is 30.7 Å². The van der Waals surface area contributed by atoms with Crippen LogP contribution in [-0.4, -0.2) is 31.0 Å². The molecule has 0 bridgehead atoms. The van der Waals surface area contributed by atoms with E-state index in [1.54, 1.807) is 16.2 Å². The molecule has 0 aliphatic heterocycles. The summed E-state index contributed by atoms with van der Waals surface area (Å²) in [6.07, 6.45) is 4.40. The molecule has 0 saturated carbocycles. The van der Waals surface area contributed by atoms with E-state index < -0.39 is 11.6 Å². The van der Waals surface area contributed by atoms with Crippen molar-refractivity contribution in [3.05, 3.63) is 94.2 Å². The van der Waals surface area contributed by atoms with E-state index in [1.807, 2.05) is 43.3 Å². The number of fused-ring (bicyclic) bond motifs is 1. The van der Waals surface area contributed by atoms with E-state index in [1.165, 1.54) is 5.39 Å². The molecule has 38 heavy (non-hydrogen) atoms. The normalized spacial score (nSPS) is 12.9. The molecule has 4 rings (SSSR count). The summed E-state index contributed by atoms with van der Waals surface area (Å²) in [5.74, 6) is 0.410. The van der Waals surface area contributed by atoms with Crippen molar-refractivity contribution in [2.75, 3.05) is 0 Å². The first kappa shape index (κ1) is 27.2. The number of ether oxygens (including phenoxy) is 1. The van der Waals surface area contributed by atoms with Gasteiger partial charge >= 0.3 is 11.7 Å². The van der Waals surface area contributed by atoms with Gasteiger partial charge < -0.3 is 9.84 Å². The van der Waals surface area contributed by atoms with Crippen LogP contribution in [0.4, 0.5) is 0 Å². The summed E-state index contributed by atoms with van der Waals surface area (Å²) in [4.78, 5) is 24.8. The fraction of sp³-hybridized carbons (Fsp3) is 0.387. The highest BCUT2D eigenvalue weighted by Crippen LogP contribution is 2.24. The third-order valence-corrected chi connectivity index (χ3v) is 6.90. The van der Waals surface area contributed by atoms with Crippen LogP contribution in [0.3, 0.4) is 0 Å². The Kier molecular flexibility index (Phi) is 8.66. The second-order valence-corrected chi connectivity index (χ2v) is 10.1. The second-order valence-electron chi connectivity index (χ2n) is 10.1. The lowest BCUT2D eigenvalue weighted by Gasteiger charge is -2.26. The van der Waals surface area contributed by atoms with Crippen LogP contribution >= 0.6 is 0 Å². The Balaban J connectivity index is 1.41. The number of nitrogens with zero attached hydrogens (tertiary/aromatic N) is 3. The van der Waals surface area contributed by atoms with Gasteiger partial charge in [-0.25, -0.2) is 14.3 Å². The number of aryl methyl sites for hydroxylation is 2. The maximum atomic E-state index is 13.1. The van der Waals surface area contributed by atoms with Gasteiger partial charge in [0.15, 0.2) is 0 Å². The number of benzene rings is 3. The van der Waals surface area contributed by atoms with E-state index in [9.17, 15) is 14.7 Å². The van der Waals surface area contributed by atoms with Crippen LogP contribution < -0.4 is 10.4 Å². The lowest BCUT2D eigenvalue weighted by atomic mass is 10.0. The highest BCUT2D eigenvalue weighted by atomic mass is 16.5. The Bertz CT molecular complexity index is 1440. The Morgan fingerprint density at radius 2 is 1.66 bits per heavy atom. The molecule has 0 spiro atoms. The van der Waals surface area contributed by atoms with Crippen molar-refractivity contribution in [1.82, 2.24) is 14.3 Å². The van der Waals surface area contributed by atoms with Gasteiger partial charge in [0.1, 0.15) is 11.6 Å². The van der Waals surface area contributed by atoms with Crippen molar-refractivity contribution >= 4 is 16.7 Å². The molecule has 1 unspecified atom stereocenters. The summed E-state index contributed by atoms with van der Waals surface area (Å²) < 4.78 is 9.20. The Labute approximate surface area is 223 Å². The lowest BCUT2D eigenvalue weighted by Crippen LogP contribution is -2.41. The summed E-state index contributed by atoms with van der Waals surface area (Å²) in [5, 5.41) is 16.6. The number of carbonyl (C=O) groups is 1. The smallest absolute Gasteiger partial charge is 0.347 e. The van der Waals surface area contributed by atoms with Crippen molar-refractivity contribution < 1.29 is 14.6 Å². The zero-order chi connectivity index (χ0) is 27.1. The molecule has 0 saturated heterocycles. The van der Waals surface area contributed by atoms with E-state index in [4.69, 9.17) is 9.84 Å². The van der Waals surface area contributed by atoms with E-state index >= 15 is 0 Å². The molecule has 3 aromatic carbocycles. The number of carboxylic acid groups (broad SMARTS) is 1. The first-order valence-electron chi connectivity index (χ1n) is 13.5. The molecule has 0 amide bonds. The number of aromatic nitrogens is 3. The van der Waals surface area contributed by atoms with Gasteiger partial charge in [0, 0.05) is 13.0 Å². The van der Waals surface area contributed by atoms with Crippen molar-refractivity contribution in [2.45, 2.75) is 78.0 Å². The Hall–Kier alpha value is -3.87. The third-order valence-electron chi connectivity index (χ3n) is 6.90. The van der Waals surface area contributed by atoms with Gasteiger partial charge in [0.25, 0.3) is 0 Å². The minimum atomic E-state index is -1.23. The fourth-order valence-electron chi connectivity index (χ4n) is 4.85. The van der Waals surface area contributed by atoms with Crippen LogP contribution in [0.1, 0.15) is 63.4 Å². The molecule has 1 aromatic heterocycles. The molecule has 7 nitrogen and oxygen atoms in total. The predicted octanol–water partition coefficient (Wildman–Crippen LogP) is 5.85. The van der Waals surface area contributed by atoms with Gasteiger partial charge in [-0.2, -0.15) is 5.10 Å². The van der Waals surface area contributed by atoms with Gasteiger partial charge in [-0.15, -0.1) is 0 Å². The number of hydrogen-bond acceptors (Lipinski definition) is 4. The first-order chi connectivity index (χ1) is 18.3. The van der Waals surface area contributed by atoms with Crippen molar-refractivity contribution in [3.63, 3.8) is 0 Å². The lowest BCUT2D eigenvalue weighted by molar-refractivity contribution is -0.154. The monoisotopic (exact) mass is 515 g/mol. The zero-order valence-corrected chi connectivity index (χ0v) is 22.5. The summed E-state index contributed by atoms with van der Waals surface area (Å²) in [6.45, 7) is 6.72. The number of hydrogen-bond donors (Lipinski definition) is 1. The number of aliphatic carboxylic acids is 1. The molecule has 0 aliphatic rings. The van der Waals surface area contributed by atoms with Crippen LogP contribution in [0.15, 0.2) is 71.5 Å². The summed E-state index contributed by atoms with van der Waals surface area (Å²) in [5.41, 5.74) is 0.888. The predicted molar refractivity (Wildman–Crippen MR) is 150 cm³/mol. The van der Waals surface area contributed by atoms with E-state index in [0.29, 0.717) is 31.7 Å². The highest BCUT2D eigenvalue weighted by molar-refractivity contribution is 5.83. The van der Waals surface area contributed by atoms with Gasteiger partial charge in [-0.05, 0) is 72.7 Å². The molecule has 200 valence electrons. The molecule has 0 radical (unpaired) electrons. The zero-order valence-electron chi connectivity index (χ0n) is 22.5. The van der Waals surface area contributed by atoms with E-state index in [2.05, 4.69) is 37.3 Å². The molecule has 1 atom stereocenters. The van der Waals surface area contributed by atoms with Crippen molar-refractivity contribution in [1.29, 1.82) is 0 Å². The summed E-state index contributed by atoms with van der Waals surface area (Å²) in [7, 11) is 0. The summed E-state index contributed by atoms with van der Waals surface area (Å²) >= 11 is 0. The van der Waals surface area contributed by atoms with Gasteiger partial charge in [-0.1, -0.05) is 68.8 Å². The van der Waals surface area contributed by atoms with Gasteiger partial charge in [0.05, 0.1) is 6.54 Å². The van der Waals surface area contributed by atoms with Crippen LogP contribution in [0, 0.1) is 0 Å².